The summed E-state index contributed by atoms with van der Waals surface area (Å²) in [5.74, 6) is 0.0676. The van der Waals surface area contributed by atoms with Crippen LogP contribution >= 0.6 is 0 Å². The molecule has 0 bridgehead atoms. The molecule has 0 aromatic carbocycles. The van der Waals surface area contributed by atoms with Crippen LogP contribution in [0.2, 0.25) is 0 Å². The van der Waals surface area contributed by atoms with Gasteiger partial charge < -0.3 is 14.9 Å². The van der Waals surface area contributed by atoms with E-state index in [0.717, 1.165) is 43.3 Å². The minimum absolute atomic E-state index is 0.0491. The van der Waals surface area contributed by atoms with E-state index in [1.54, 1.807) is 6.92 Å². The minimum Gasteiger partial charge on any atom is -0.508 e. The highest BCUT2D eigenvalue weighted by atomic mass is 16.5. The number of hydrogen-bond donors (Lipinski definition) is 2. The standard InChI is InChI=1S/C24H34O4/c1-6-7-8-9-16-13-20-21(19(25)14-24(16,5)22(26)27)17-12-15(2)10-11-18(17)23(3,4)28-20/h12-14,17-18,25H,6-11H2,1-5H3,(H,26,27)/t17-,18-,24?/m1/s1. The molecule has 154 valence electrons. The van der Waals surface area contributed by atoms with Gasteiger partial charge in [-0.05, 0) is 71.1 Å². The second-order valence-corrected chi connectivity index (χ2v) is 9.33. The number of hydrogen-bond acceptors (Lipinski definition) is 3. The van der Waals surface area contributed by atoms with Gasteiger partial charge in [0.1, 0.15) is 22.5 Å². The van der Waals surface area contributed by atoms with Gasteiger partial charge in [0, 0.05) is 17.4 Å². The van der Waals surface area contributed by atoms with Gasteiger partial charge in [-0.2, -0.15) is 0 Å². The number of rotatable bonds is 5. The van der Waals surface area contributed by atoms with Crippen molar-refractivity contribution >= 4 is 5.97 Å². The third-order valence-corrected chi connectivity index (χ3v) is 6.78. The Bertz CT molecular complexity index is 780. The molecule has 4 heteroatoms. The van der Waals surface area contributed by atoms with Gasteiger partial charge in [-0.3, -0.25) is 4.79 Å². The normalized spacial score (nSPS) is 31.5. The predicted molar refractivity (Wildman–Crippen MR) is 111 cm³/mol. The molecule has 0 radical (unpaired) electrons. The van der Waals surface area contributed by atoms with Crippen LogP contribution in [0.3, 0.4) is 0 Å². The molecule has 0 spiro atoms. The summed E-state index contributed by atoms with van der Waals surface area (Å²) in [5.41, 5.74) is 1.27. The fraction of sp³-hybridized carbons (Fsp3) is 0.625. The number of carboxylic acid groups (broad SMARTS) is 1. The molecule has 0 amide bonds. The molecule has 3 rings (SSSR count). The Morgan fingerprint density at radius 2 is 2.00 bits per heavy atom. The highest BCUT2D eigenvalue weighted by Crippen LogP contribution is 2.51. The lowest BCUT2D eigenvalue weighted by molar-refractivity contribution is -0.143. The van der Waals surface area contributed by atoms with E-state index in [1.165, 1.54) is 11.6 Å². The van der Waals surface area contributed by atoms with Crippen LogP contribution in [0.15, 0.2) is 46.5 Å². The monoisotopic (exact) mass is 386 g/mol. The Morgan fingerprint density at radius 1 is 1.29 bits per heavy atom. The summed E-state index contributed by atoms with van der Waals surface area (Å²) in [5, 5.41) is 21.1. The Kier molecular flexibility index (Phi) is 5.53. The van der Waals surface area contributed by atoms with Crippen LogP contribution in [0.25, 0.3) is 0 Å². The summed E-state index contributed by atoms with van der Waals surface area (Å²) in [6, 6.07) is 0. The predicted octanol–water partition coefficient (Wildman–Crippen LogP) is 6.07. The number of aliphatic hydroxyl groups is 1. The van der Waals surface area contributed by atoms with Crippen LogP contribution in [-0.4, -0.2) is 21.8 Å². The lowest BCUT2D eigenvalue weighted by Crippen LogP contribution is -2.44. The number of aliphatic hydroxyl groups excluding tert-OH is 1. The van der Waals surface area contributed by atoms with Crippen LogP contribution in [0.1, 0.15) is 73.1 Å². The Balaban J connectivity index is 2.16. The lowest BCUT2D eigenvalue weighted by Gasteiger charge is -2.46. The van der Waals surface area contributed by atoms with E-state index in [9.17, 15) is 15.0 Å². The van der Waals surface area contributed by atoms with Gasteiger partial charge in [0.25, 0.3) is 0 Å². The van der Waals surface area contributed by atoms with Crippen molar-refractivity contribution in [1.29, 1.82) is 0 Å². The van der Waals surface area contributed by atoms with Crippen molar-refractivity contribution < 1.29 is 19.7 Å². The average Bonchev–Trinajstić information content (AvgIpc) is 2.69. The molecule has 2 N–H and O–H groups in total. The van der Waals surface area contributed by atoms with Gasteiger partial charge in [0.15, 0.2) is 0 Å². The smallest absolute Gasteiger partial charge is 0.317 e. The number of aliphatic carboxylic acids is 1. The summed E-state index contributed by atoms with van der Waals surface area (Å²) in [6.07, 6.45) is 11.5. The molecule has 1 heterocycles. The molecule has 0 aromatic heterocycles. The number of ether oxygens (including phenoxy) is 1. The topological polar surface area (TPSA) is 66.8 Å². The highest BCUT2D eigenvalue weighted by Gasteiger charge is 2.48. The Labute approximate surface area is 168 Å². The maximum atomic E-state index is 12.2. The van der Waals surface area contributed by atoms with Crippen molar-refractivity contribution in [2.24, 2.45) is 17.3 Å². The average molecular weight is 387 g/mol. The van der Waals surface area contributed by atoms with E-state index in [1.807, 2.05) is 6.08 Å². The molecule has 3 atom stereocenters. The van der Waals surface area contributed by atoms with Gasteiger partial charge in [-0.25, -0.2) is 0 Å². The summed E-state index contributed by atoms with van der Waals surface area (Å²) >= 11 is 0. The van der Waals surface area contributed by atoms with Crippen molar-refractivity contribution in [2.45, 2.75) is 78.7 Å². The van der Waals surface area contributed by atoms with Crippen molar-refractivity contribution in [3.05, 3.63) is 46.5 Å². The Morgan fingerprint density at radius 3 is 2.64 bits per heavy atom. The second-order valence-electron chi connectivity index (χ2n) is 9.33. The molecule has 4 nitrogen and oxygen atoms in total. The Hall–Kier alpha value is -1.97. The van der Waals surface area contributed by atoms with Crippen molar-refractivity contribution in [3.8, 4) is 0 Å². The first-order chi connectivity index (χ1) is 13.1. The highest BCUT2D eigenvalue weighted by molar-refractivity contribution is 5.82. The fourth-order valence-electron chi connectivity index (χ4n) is 4.96. The number of allylic oxidation sites excluding steroid dienone is 4. The van der Waals surface area contributed by atoms with E-state index in [0.29, 0.717) is 12.2 Å². The summed E-state index contributed by atoms with van der Waals surface area (Å²) in [4.78, 5) is 12.2. The second kappa shape index (κ2) is 7.46. The number of carbonyl (C=O) groups is 1. The van der Waals surface area contributed by atoms with Crippen LogP contribution in [-0.2, 0) is 9.53 Å². The molecular weight excluding hydrogens is 352 g/mol. The van der Waals surface area contributed by atoms with Gasteiger partial charge in [0.2, 0.25) is 0 Å². The molecule has 1 aliphatic heterocycles. The van der Waals surface area contributed by atoms with Gasteiger partial charge in [0.05, 0.1) is 0 Å². The molecule has 2 aliphatic carbocycles. The van der Waals surface area contributed by atoms with Crippen LogP contribution in [0.5, 0.6) is 0 Å². The molecule has 3 aliphatic rings. The van der Waals surface area contributed by atoms with Crippen LogP contribution < -0.4 is 0 Å². The van der Waals surface area contributed by atoms with Crippen LogP contribution in [0.4, 0.5) is 0 Å². The first kappa shape index (κ1) is 20.8. The first-order valence-electron chi connectivity index (χ1n) is 10.6. The lowest BCUT2D eigenvalue weighted by atomic mass is 9.67. The van der Waals surface area contributed by atoms with Crippen molar-refractivity contribution in [1.82, 2.24) is 0 Å². The molecular formula is C24H34O4. The summed E-state index contributed by atoms with van der Waals surface area (Å²) in [7, 11) is 0. The summed E-state index contributed by atoms with van der Waals surface area (Å²) in [6.45, 7) is 10.2. The summed E-state index contributed by atoms with van der Waals surface area (Å²) < 4.78 is 6.42. The largest absolute Gasteiger partial charge is 0.508 e. The molecule has 28 heavy (non-hydrogen) atoms. The first-order valence-corrected chi connectivity index (χ1v) is 10.6. The molecule has 0 saturated heterocycles. The van der Waals surface area contributed by atoms with Gasteiger partial charge in [-0.15, -0.1) is 0 Å². The maximum absolute atomic E-state index is 12.2. The number of carboxylic acids is 1. The van der Waals surface area contributed by atoms with Gasteiger partial charge in [-0.1, -0.05) is 31.4 Å². The number of fused-ring (bicyclic) bond motifs is 2. The van der Waals surface area contributed by atoms with Crippen molar-refractivity contribution in [2.75, 3.05) is 0 Å². The van der Waals surface area contributed by atoms with E-state index in [2.05, 4.69) is 33.8 Å². The minimum atomic E-state index is -1.23. The zero-order valence-electron chi connectivity index (χ0n) is 17.8. The quantitative estimate of drug-likeness (QED) is 0.444. The third kappa shape index (κ3) is 3.54. The molecule has 0 saturated carbocycles. The fourth-order valence-corrected chi connectivity index (χ4v) is 4.96. The molecule has 1 unspecified atom stereocenters. The maximum Gasteiger partial charge on any atom is 0.317 e. The van der Waals surface area contributed by atoms with E-state index >= 15 is 0 Å². The van der Waals surface area contributed by atoms with Crippen molar-refractivity contribution in [3.63, 3.8) is 0 Å². The molecule has 0 aromatic rings. The van der Waals surface area contributed by atoms with E-state index in [-0.39, 0.29) is 23.2 Å². The zero-order chi connectivity index (χ0) is 20.7. The van der Waals surface area contributed by atoms with Gasteiger partial charge >= 0.3 is 5.97 Å². The van der Waals surface area contributed by atoms with E-state index < -0.39 is 11.4 Å². The SMILES string of the molecule is CCCCCC1=CC2=C(C(O)=CC1(C)C(=O)O)[C@@H]1C=C(C)CC[C@H]1C(C)(C)O2. The molecule has 0 fully saturated rings. The zero-order valence-corrected chi connectivity index (χ0v) is 17.8. The van der Waals surface area contributed by atoms with E-state index in [4.69, 9.17) is 4.74 Å². The van der Waals surface area contributed by atoms with Crippen LogP contribution in [0, 0.1) is 17.3 Å². The number of unbranched alkanes of at least 4 members (excludes halogenated alkanes) is 2. The third-order valence-electron chi connectivity index (χ3n) is 6.78.